The van der Waals surface area contributed by atoms with Crippen LogP contribution >= 0.6 is 0 Å². The Bertz CT molecular complexity index is 771. The summed E-state index contributed by atoms with van der Waals surface area (Å²) < 4.78 is 34.7. The van der Waals surface area contributed by atoms with Crippen molar-refractivity contribution in [1.82, 2.24) is 10.2 Å². The highest BCUT2D eigenvalue weighted by Gasteiger charge is 2.22. The van der Waals surface area contributed by atoms with Crippen LogP contribution in [0.4, 0.5) is 8.78 Å². The van der Waals surface area contributed by atoms with Crippen molar-refractivity contribution in [2.24, 2.45) is 11.8 Å². The predicted octanol–water partition coefficient (Wildman–Crippen LogP) is 6.75. The lowest BCUT2D eigenvalue weighted by Crippen LogP contribution is -2.15. The van der Waals surface area contributed by atoms with Crippen LogP contribution in [-0.2, 0) is 6.42 Å². The summed E-state index contributed by atoms with van der Waals surface area (Å²) in [5, 5.41) is 7.93. The summed E-state index contributed by atoms with van der Waals surface area (Å²) in [5.74, 6) is 0.291. The van der Waals surface area contributed by atoms with Crippen LogP contribution in [-0.4, -0.2) is 16.8 Å². The molecule has 0 bridgehead atoms. The number of nitrogens with zero attached hydrogens (tertiary/aromatic N) is 2. The molecule has 0 spiro atoms. The highest BCUT2D eigenvalue weighted by atomic mass is 19.2. The number of halogens is 2. The molecule has 3 nitrogen and oxygen atoms in total. The van der Waals surface area contributed by atoms with Gasteiger partial charge in [0.05, 0.1) is 12.3 Å². The zero-order valence-electron chi connectivity index (χ0n) is 17.6. The summed E-state index contributed by atoms with van der Waals surface area (Å²) in [6.07, 6.45) is 9.96. The van der Waals surface area contributed by atoms with Gasteiger partial charge in [0.1, 0.15) is 0 Å². The van der Waals surface area contributed by atoms with Gasteiger partial charge in [-0.25, -0.2) is 8.78 Å². The van der Waals surface area contributed by atoms with Gasteiger partial charge < -0.3 is 4.74 Å². The van der Waals surface area contributed by atoms with Crippen LogP contribution < -0.4 is 4.74 Å². The molecule has 0 N–H and O–H groups in total. The number of ether oxygens (including phenoxy) is 1. The molecule has 0 atom stereocenters. The monoisotopic (exact) mass is 402 g/mol. The van der Waals surface area contributed by atoms with E-state index in [1.165, 1.54) is 38.5 Å². The third kappa shape index (κ3) is 5.74. The summed E-state index contributed by atoms with van der Waals surface area (Å²) in [6, 6.07) is 6.56. The van der Waals surface area contributed by atoms with Crippen molar-refractivity contribution in [3.05, 3.63) is 41.5 Å². The first-order valence-electron chi connectivity index (χ1n) is 11.1. The Morgan fingerprint density at radius 1 is 0.862 bits per heavy atom. The summed E-state index contributed by atoms with van der Waals surface area (Å²) in [7, 11) is 0. The second-order valence-corrected chi connectivity index (χ2v) is 8.22. The molecule has 1 fully saturated rings. The Kier molecular flexibility index (Phi) is 7.96. The van der Waals surface area contributed by atoms with Gasteiger partial charge in [-0.2, -0.15) is 0 Å². The van der Waals surface area contributed by atoms with Gasteiger partial charge >= 0.3 is 0 Å². The summed E-state index contributed by atoms with van der Waals surface area (Å²) in [5.41, 5.74) is 0.907. The molecular formula is C24H32F2N2O. The van der Waals surface area contributed by atoms with Crippen LogP contribution in [0.2, 0.25) is 0 Å². The van der Waals surface area contributed by atoms with Crippen LogP contribution in [0.3, 0.4) is 0 Å². The summed E-state index contributed by atoms with van der Waals surface area (Å²) in [4.78, 5) is 0. The Morgan fingerprint density at radius 2 is 1.59 bits per heavy atom. The fourth-order valence-electron chi connectivity index (χ4n) is 4.30. The molecule has 1 aromatic carbocycles. The number of aromatic nitrogens is 2. The fourth-order valence-corrected chi connectivity index (χ4v) is 4.30. The standard InChI is InChI=1S/C24H32F2N2O/c1-3-5-17-6-8-18(9-7-17)10-11-19-12-13-20(24(26)23(19)25)21-14-15-22(28-27-21)29-16-4-2/h12-15,17-18H,3-11,16H2,1-2H3/t17-,18-. The molecule has 5 heteroatoms. The summed E-state index contributed by atoms with van der Waals surface area (Å²) in [6.45, 7) is 4.79. The molecule has 2 aromatic rings. The Morgan fingerprint density at radius 3 is 2.21 bits per heavy atom. The minimum atomic E-state index is -0.842. The zero-order chi connectivity index (χ0) is 20.6. The normalized spacial score (nSPS) is 19.3. The third-order valence-corrected chi connectivity index (χ3v) is 6.02. The van der Waals surface area contributed by atoms with E-state index in [1.807, 2.05) is 6.92 Å². The van der Waals surface area contributed by atoms with E-state index in [0.29, 0.717) is 36.1 Å². The molecule has 0 unspecified atom stereocenters. The maximum Gasteiger partial charge on any atom is 0.233 e. The molecule has 1 aliphatic rings. The van der Waals surface area contributed by atoms with Crippen LogP contribution in [0.1, 0.15) is 70.8 Å². The van der Waals surface area contributed by atoms with Gasteiger partial charge in [0.15, 0.2) is 11.6 Å². The van der Waals surface area contributed by atoms with Crippen LogP contribution in [0, 0.1) is 23.5 Å². The predicted molar refractivity (Wildman–Crippen MR) is 112 cm³/mol. The topological polar surface area (TPSA) is 35.0 Å². The van der Waals surface area contributed by atoms with E-state index < -0.39 is 11.6 Å². The van der Waals surface area contributed by atoms with Crippen molar-refractivity contribution in [2.45, 2.75) is 71.6 Å². The lowest BCUT2D eigenvalue weighted by atomic mass is 9.78. The van der Waals surface area contributed by atoms with Crippen molar-refractivity contribution in [3.63, 3.8) is 0 Å². The van der Waals surface area contributed by atoms with E-state index in [9.17, 15) is 8.78 Å². The molecule has 0 saturated heterocycles. The van der Waals surface area contributed by atoms with E-state index in [0.717, 1.165) is 18.8 Å². The smallest absolute Gasteiger partial charge is 0.233 e. The average Bonchev–Trinajstić information content (AvgIpc) is 2.75. The number of hydrogen-bond acceptors (Lipinski definition) is 3. The maximum atomic E-state index is 14.7. The second-order valence-electron chi connectivity index (χ2n) is 8.22. The zero-order valence-corrected chi connectivity index (χ0v) is 17.6. The van der Waals surface area contributed by atoms with E-state index in [1.54, 1.807) is 24.3 Å². The number of benzene rings is 1. The first kappa shape index (κ1) is 21.7. The molecule has 1 aromatic heterocycles. The SMILES string of the molecule is CCCOc1ccc(-c2ccc(CC[C@H]3CC[C@H](CCC)CC3)c(F)c2F)nn1. The number of rotatable bonds is 9. The molecule has 0 radical (unpaired) electrons. The molecule has 1 aliphatic carbocycles. The first-order chi connectivity index (χ1) is 14.1. The van der Waals surface area contributed by atoms with Crippen LogP contribution in [0.5, 0.6) is 5.88 Å². The Balaban J connectivity index is 1.61. The molecule has 1 heterocycles. The molecule has 29 heavy (non-hydrogen) atoms. The average molecular weight is 403 g/mol. The minimum Gasteiger partial charge on any atom is -0.477 e. The van der Waals surface area contributed by atoms with Gasteiger partial charge in [0.2, 0.25) is 5.88 Å². The highest BCUT2D eigenvalue weighted by molar-refractivity contribution is 5.60. The molecule has 3 rings (SSSR count). The van der Waals surface area contributed by atoms with Gasteiger partial charge in [0, 0.05) is 11.6 Å². The minimum absolute atomic E-state index is 0.140. The van der Waals surface area contributed by atoms with E-state index >= 15 is 0 Å². The van der Waals surface area contributed by atoms with Gasteiger partial charge in [0.25, 0.3) is 0 Å². The third-order valence-electron chi connectivity index (χ3n) is 6.02. The fraction of sp³-hybridized carbons (Fsp3) is 0.583. The largest absolute Gasteiger partial charge is 0.477 e. The van der Waals surface area contributed by atoms with Gasteiger partial charge in [-0.15, -0.1) is 10.2 Å². The van der Waals surface area contributed by atoms with Gasteiger partial charge in [-0.1, -0.05) is 58.4 Å². The molecule has 0 aliphatic heterocycles. The van der Waals surface area contributed by atoms with Crippen LogP contribution in [0.15, 0.2) is 24.3 Å². The molecule has 1 saturated carbocycles. The van der Waals surface area contributed by atoms with Crippen LogP contribution in [0.25, 0.3) is 11.3 Å². The number of hydrogen-bond donors (Lipinski definition) is 0. The maximum absolute atomic E-state index is 14.7. The number of aryl methyl sites for hydroxylation is 1. The molecule has 0 amide bonds. The second kappa shape index (κ2) is 10.7. The van der Waals surface area contributed by atoms with E-state index in [-0.39, 0.29) is 5.56 Å². The Labute approximate surface area is 172 Å². The van der Waals surface area contributed by atoms with Crippen molar-refractivity contribution in [1.29, 1.82) is 0 Å². The van der Waals surface area contributed by atoms with Gasteiger partial charge in [-0.3, -0.25) is 0 Å². The van der Waals surface area contributed by atoms with Crippen molar-refractivity contribution in [2.75, 3.05) is 6.61 Å². The highest BCUT2D eigenvalue weighted by Crippen LogP contribution is 2.34. The lowest BCUT2D eigenvalue weighted by molar-refractivity contribution is 0.251. The summed E-state index contributed by atoms with van der Waals surface area (Å²) >= 11 is 0. The van der Waals surface area contributed by atoms with Gasteiger partial charge in [-0.05, 0) is 48.8 Å². The Hall–Kier alpha value is -2.04. The quantitative estimate of drug-likeness (QED) is 0.465. The van der Waals surface area contributed by atoms with E-state index in [4.69, 9.17) is 4.74 Å². The lowest BCUT2D eigenvalue weighted by Gasteiger charge is -2.28. The van der Waals surface area contributed by atoms with E-state index in [2.05, 4.69) is 17.1 Å². The van der Waals surface area contributed by atoms with Crippen molar-refractivity contribution < 1.29 is 13.5 Å². The molecular weight excluding hydrogens is 370 g/mol. The van der Waals surface area contributed by atoms with Crippen molar-refractivity contribution >= 4 is 0 Å². The first-order valence-corrected chi connectivity index (χ1v) is 11.1. The van der Waals surface area contributed by atoms with Crippen molar-refractivity contribution in [3.8, 4) is 17.1 Å². The molecule has 158 valence electrons.